The number of phenolic OH excluding ortho intramolecular Hbond substituents is 1. The molecule has 0 aliphatic carbocycles. The van der Waals surface area contributed by atoms with E-state index < -0.39 is 0 Å². The summed E-state index contributed by atoms with van der Waals surface area (Å²) in [5.74, 6) is 1.75. The molecule has 1 aliphatic rings. The molecule has 1 unspecified atom stereocenters. The average Bonchev–Trinajstić information content (AvgIpc) is 2.78. The summed E-state index contributed by atoms with van der Waals surface area (Å²) in [5.41, 5.74) is 0.681. The fraction of sp³-hybridized carbons (Fsp3) is 0.533. The molecule has 2 rings (SSSR count). The number of hydrogen-bond acceptors (Lipinski definition) is 3. The molecule has 0 amide bonds. The number of ketones is 1. The molecule has 0 bridgehead atoms. The topological polar surface area (TPSA) is 40.5 Å². The van der Waals surface area contributed by atoms with Crippen molar-refractivity contribution in [1.29, 1.82) is 0 Å². The summed E-state index contributed by atoms with van der Waals surface area (Å²) in [7, 11) is 0. The third-order valence-corrected chi connectivity index (χ3v) is 3.81. The summed E-state index contributed by atoms with van der Waals surface area (Å²) in [4.78, 5) is 14.3. The number of aromatic hydroxyl groups is 1. The predicted molar refractivity (Wildman–Crippen MR) is 71.8 cm³/mol. The predicted octanol–water partition coefficient (Wildman–Crippen LogP) is 2.55. The molecule has 0 radical (unpaired) electrons. The number of Topliss-reactive ketones (excluding diaryl/α,β-unsaturated/α-hetero) is 1. The quantitative estimate of drug-likeness (QED) is 0.831. The first-order valence-electron chi connectivity index (χ1n) is 6.61. The van der Waals surface area contributed by atoms with E-state index in [9.17, 15) is 9.90 Å². The summed E-state index contributed by atoms with van der Waals surface area (Å²) in [6, 6.07) is 6.50. The lowest BCUT2D eigenvalue weighted by Gasteiger charge is -2.17. The Kier molecular flexibility index (Phi) is 4.02. The van der Waals surface area contributed by atoms with E-state index in [-0.39, 0.29) is 11.5 Å². The first-order chi connectivity index (χ1) is 8.56. The van der Waals surface area contributed by atoms with Crippen LogP contribution in [0, 0.1) is 11.8 Å². The summed E-state index contributed by atoms with van der Waals surface area (Å²) in [6.45, 7) is 7.04. The van der Waals surface area contributed by atoms with Gasteiger partial charge in [0, 0.05) is 12.1 Å². The van der Waals surface area contributed by atoms with Crippen LogP contribution in [0.3, 0.4) is 0 Å². The van der Waals surface area contributed by atoms with Gasteiger partial charge in [-0.2, -0.15) is 0 Å². The second-order valence-corrected chi connectivity index (χ2v) is 5.50. The summed E-state index contributed by atoms with van der Waals surface area (Å²) < 4.78 is 0. The first kappa shape index (κ1) is 13.1. The van der Waals surface area contributed by atoms with Gasteiger partial charge in [-0.3, -0.25) is 9.69 Å². The molecule has 3 nitrogen and oxygen atoms in total. The first-order valence-corrected chi connectivity index (χ1v) is 6.61. The Morgan fingerprint density at radius 1 is 1.39 bits per heavy atom. The number of likely N-dealkylation sites (tertiary alicyclic amines) is 1. The van der Waals surface area contributed by atoms with E-state index in [1.807, 2.05) is 0 Å². The normalized spacial score (nSPS) is 20.5. The van der Waals surface area contributed by atoms with Crippen LogP contribution in [0.25, 0.3) is 0 Å². The number of rotatable bonds is 4. The Balaban J connectivity index is 1.91. The van der Waals surface area contributed by atoms with Crippen molar-refractivity contribution in [3.8, 4) is 5.75 Å². The number of phenols is 1. The molecule has 18 heavy (non-hydrogen) atoms. The Bertz CT molecular complexity index is 411. The zero-order valence-corrected chi connectivity index (χ0v) is 11.1. The van der Waals surface area contributed by atoms with Gasteiger partial charge >= 0.3 is 0 Å². The van der Waals surface area contributed by atoms with Crippen LogP contribution in [-0.4, -0.2) is 35.4 Å². The van der Waals surface area contributed by atoms with Crippen LogP contribution in [-0.2, 0) is 0 Å². The van der Waals surface area contributed by atoms with Crippen molar-refractivity contribution in [2.75, 3.05) is 19.6 Å². The average molecular weight is 247 g/mol. The van der Waals surface area contributed by atoms with E-state index in [0.717, 1.165) is 19.0 Å². The summed E-state index contributed by atoms with van der Waals surface area (Å²) >= 11 is 0. The van der Waals surface area contributed by atoms with Gasteiger partial charge in [0.25, 0.3) is 0 Å². The highest BCUT2D eigenvalue weighted by atomic mass is 16.3. The maximum atomic E-state index is 12.1. The van der Waals surface area contributed by atoms with E-state index in [0.29, 0.717) is 18.0 Å². The maximum absolute atomic E-state index is 12.1. The van der Waals surface area contributed by atoms with Crippen LogP contribution in [0.4, 0.5) is 0 Å². The molecule has 1 aliphatic heterocycles. The van der Waals surface area contributed by atoms with Gasteiger partial charge in [0.1, 0.15) is 5.75 Å². The molecule has 1 N–H and O–H groups in total. The Hall–Kier alpha value is -1.35. The highest BCUT2D eigenvalue weighted by molar-refractivity contribution is 5.97. The van der Waals surface area contributed by atoms with Crippen LogP contribution in [0.15, 0.2) is 24.3 Å². The van der Waals surface area contributed by atoms with Gasteiger partial charge in [0.2, 0.25) is 0 Å². The van der Waals surface area contributed by atoms with Gasteiger partial charge in [-0.05, 0) is 49.1 Å². The third-order valence-electron chi connectivity index (χ3n) is 3.81. The minimum absolute atomic E-state index is 0.138. The van der Waals surface area contributed by atoms with Crippen molar-refractivity contribution in [3.63, 3.8) is 0 Å². The molecule has 1 saturated heterocycles. The smallest absolute Gasteiger partial charge is 0.176 e. The van der Waals surface area contributed by atoms with Gasteiger partial charge < -0.3 is 5.11 Å². The van der Waals surface area contributed by atoms with Crippen LogP contribution in [0.2, 0.25) is 0 Å². The van der Waals surface area contributed by atoms with Crippen molar-refractivity contribution < 1.29 is 9.90 Å². The monoisotopic (exact) mass is 247 g/mol. The lowest BCUT2D eigenvalue weighted by atomic mass is 9.95. The third kappa shape index (κ3) is 3.10. The largest absolute Gasteiger partial charge is 0.508 e. The molecule has 1 heterocycles. The highest BCUT2D eigenvalue weighted by Gasteiger charge is 2.26. The SMILES string of the molecule is CC(C)C1CCN(CC(=O)c2ccc(O)cc2)C1. The lowest BCUT2D eigenvalue weighted by molar-refractivity contribution is 0.0942. The number of hydrogen-bond donors (Lipinski definition) is 1. The van der Waals surface area contributed by atoms with Crippen molar-refractivity contribution in [2.24, 2.45) is 11.8 Å². The van der Waals surface area contributed by atoms with Gasteiger partial charge in [0.15, 0.2) is 5.78 Å². The summed E-state index contributed by atoms with van der Waals surface area (Å²) in [5, 5.41) is 9.20. The Labute approximate surface area is 108 Å². The minimum atomic E-state index is 0.138. The molecule has 1 aromatic rings. The number of carbonyl (C=O) groups is 1. The van der Waals surface area contributed by atoms with Crippen molar-refractivity contribution in [3.05, 3.63) is 29.8 Å². The molecular formula is C15H21NO2. The van der Waals surface area contributed by atoms with Crippen molar-refractivity contribution in [1.82, 2.24) is 4.90 Å². The molecular weight excluding hydrogens is 226 g/mol. The highest BCUT2D eigenvalue weighted by Crippen LogP contribution is 2.23. The molecule has 98 valence electrons. The zero-order chi connectivity index (χ0) is 13.1. The van der Waals surface area contributed by atoms with Gasteiger partial charge in [-0.15, -0.1) is 0 Å². The Morgan fingerprint density at radius 2 is 2.06 bits per heavy atom. The second-order valence-electron chi connectivity index (χ2n) is 5.50. The van der Waals surface area contributed by atoms with E-state index in [2.05, 4.69) is 18.7 Å². The van der Waals surface area contributed by atoms with Crippen LogP contribution >= 0.6 is 0 Å². The van der Waals surface area contributed by atoms with Crippen LogP contribution in [0.1, 0.15) is 30.6 Å². The Morgan fingerprint density at radius 3 is 2.61 bits per heavy atom. The van der Waals surface area contributed by atoms with E-state index >= 15 is 0 Å². The molecule has 1 atom stereocenters. The fourth-order valence-corrected chi connectivity index (χ4v) is 2.49. The van der Waals surface area contributed by atoms with Gasteiger partial charge in [-0.1, -0.05) is 13.8 Å². The number of benzene rings is 1. The number of nitrogens with zero attached hydrogens (tertiary/aromatic N) is 1. The molecule has 3 heteroatoms. The van der Waals surface area contributed by atoms with E-state index in [4.69, 9.17) is 0 Å². The molecule has 0 spiro atoms. The van der Waals surface area contributed by atoms with Gasteiger partial charge in [-0.25, -0.2) is 0 Å². The lowest BCUT2D eigenvalue weighted by Crippen LogP contribution is -2.28. The summed E-state index contributed by atoms with van der Waals surface area (Å²) in [6.07, 6.45) is 1.19. The zero-order valence-electron chi connectivity index (χ0n) is 11.1. The van der Waals surface area contributed by atoms with E-state index in [1.165, 1.54) is 6.42 Å². The number of carbonyl (C=O) groups excluding carboxylic acids is 1. The van der Waals surface area contributed by atoms with E-state index in [1.54, 1.807) is 24.3 Å². The maximum Gasteiger partial charge on any atom is 0.176 e. The molecule has 0 saturated carbocycles. The van der Waals surface area contributed by atoms with Crippen LogP contribution < -0.4 is 0 Å². The van der Waals surface area contributed by atoms with Crippen molar-refractivity contribution >= 4 is 5.78 Å². The minimum Gasteiger partial charge on any atom is -0.508 e. The molecule has 1 fully saturated rings. The van der Waals surface area contributed by atoms with Crippen molar-refractivity contribution in [2.45, 2.75) is 20.3 Å². The van der Waals surface area contributed by atoms with Crippen LogP contribution in [0.5, 0.6) is 5.75 Å². The fourth-order valence-electron chi connectivity index (χ4n) is 2.49. The standard InChI is InChI=1S/C15H21NO2/c1-11(2)13-7-8-16(9-13)10-15(18)12-3-5-14(17)6-4-12/h3-6,11,13,17H,7-10H2,1-2H3. The molecule has 0 aromatic heterocycles. The van der Waals surface area contributed by atoms with Gasteiger partial charge in [0.05, 0.1) is 6.54 Å². The second kappa shape index (κ2) is 5.53. The molecule has 1 aromatic carbocycles.